The quantitative estimate of drug-likeness (QED) is 0.186. The molecule has 3 aromatic rings. The van der Waals surface area contributed by atoms with Gasteiger partial charge in [-0.15, -0.1) is 0 Å². The van der Waals surface area contributed by atoms with Crippen molar-refractivity contribution in [3.8, 4) is 0 Å². The van der Waals surface area contributed by atoms with Gasteiger partial charge in [0, 0.05) is 42.6 Å². The molecule has 0 saturated carbocycles. The zero-order chi connectivity index (χ0) is 25.1. The molecule has 0 unspecified atom stereocenters. The molecule has 0 N–H and O–H groups in total. The first kappa shape index (κ1) is 26.4. The van der Waals surface area contributed by atoms with Crippen LogP contribution >= 0.6 is 0 Å². The Morgan fingerprint density at radius 3 is 1.83 bits per heavy atom. The van der Waals surface area contributed by atoms with Crippen molar-refractivity contribution in [3.63, 3.8) is 0 Å². The van der Waals surface area contributed by atoms with Gasteiger partial charge in [0.2, 0.25) is 0 Å². The molecule has 0 radical (unpaired) electrons. The van der Waals surface area contributed by atoms with E-state index in [1.807, 2.05) is 75.4 Å². The highest BCUT2D eigenvalue weighted by Crippen LogP contribution is 2.14. The topological polar surface area (TPSA) is 61.8 Å². The van der Waals surface area contributed by atoms with Gasteiger partial charge in [-0.05, 0) is 38.0 Å². The van der Waals surface area contributed by atoms with Gasteiger partial charge in [0.15, 0.2) is 11.6 Å². The molecule has 0 aliphatic rings. The number of carbonyl (C=O) groups is 2. The van der Waals surface area contributed by atoms with Crippen LogP contribution in [0, 0.1) is 0 Å². The number of allylic oxidation sites excluding steroid dienone is 1. The summed E-state index contributed by atoms with van der Waals surface area (Å²) in [7, 11) is -2.96. The van der Waals surface area contributed by atoms with Crippen molar-refractivity contribution in [2.75, 3.05) is 19.8 Å². The first-order valence-corrected chi connectivity index (χ1v) is 13.7. The molecule has 0 aliphatic heterocycles. The number of hydrogen-bond acceptors (Lipinski definition) is 5. The Morgan fingerprint density at radius 2 is 1.29 bits per heavy atom. The highest BCUT2D eigenvalue weighted by atomic mass is 28.4. The minimum atomic E-state index is -2.96. The molecule has 0 bridgehead atoms. The second kappa shape index (κ2) is 13.1. The SMILES string of the molecule is CCO[Si](OCC)(OCC)c1ccc(CC(=O)c2ccc(/C=C/C(=O)c3ccccc3)cc2)cc1. The van der Waals surface area contributed by atoms with E-state index in [2.05, 4.69) is 0 Å². The van der Waals surface area contributed by atoms with Crippen molar-refractivity contribution in [1.29, 1.82) is 0 Å². The second-order valence-electron chi connectivity index (χ2n) is 7.84. The first-order valence-electron chi connectivity index (χ1n) is 11.9. The maximum Gasteiger partial charge on any atom is 0.537 e. The molecule has 0 atom stereocenters. The molecule has 0 aliphatic carbocycles. The van der Waals surface area contributed by atoms with Crippen molar-refractivity contribution in [2.45, 2.75) is 27.2 Å². The lowest BCUT2D eigenvalue weighted by atomic mass is 10.0. The lowest BCUT2D eigenvalue weighted by molar-refractivity contribution is 0.0858. The summed E-state index contributed by atoms with van der Waals surface area (Å²) in [6, 6.07) is 24.1. The molecule has 0 spiro atoms. The first-order chi connectivity index (χ1) is 17.0. The number of hydrogen-bond donors (Lipinski definition) is 0. The second-order valence-corrected chi connectivity index (χ2v) is 10.4. The fourth-order valence-corrected chi connectivity index (χ4v) is 6.17. The molecule has 0 amide bonds. The van der Waals surface area contributed by atoms with E-state index in [-0.39, 0.29) is 18.0 Å². The predicted molar refractivity (Wildman–Crippen MR) is 141 cm³/mol. The monoisotopic (exact) mass is 488 g/mol. The minimum absolute atomic E-state index is 0.0246. The van der Waals surface area contributed by atoms with Crippen LogP contribution in [0.5, 0.6) is 0 Å². The lowest BCUT2D eigenvalue weighted by Gasteiger charge is -2.28. The normalized spacial score (nSPS) is 11.6. The Labute approximate surface area is 208 Å². The smallest absolute Gasteiger partial charge is 0.370 e. The van der Waals surface area contributed by atoms with Crippen LogP contribution in [0.25, 0.3) is 6.08 Å². The van der Waals surface area contributed by atoms with Gasteiger partial charge in [0.1, 0.15) is 0 Å². The van der Waals surface area contributed by atoms with Crippen LogP contribution in [0.4, 0.5) is 0 Å². The molecule has 0 aromatic heterocycles. The van der Waals surface area contributed by atoms with E-state index >= 15 is 0 Å². The van der Waals surface area contributed by atoms with Gasteiger partial charge < -0.3 is 13.3 Å². The van der Waals surface area contributed by atoms with Crippen molar-refractivity contribution in [3.05, 3.63) is 107 Å². The summed E-state index contributed by atoms with van der Waals surface area (Å²) in [5, 5.41) is 0.889. The Morgan fingerprint density at radius 1 is 0.714 bits per heavy atom. The fourth-order valence-electron chi connectivity index (χ4n) is 3.71. The van der Waals surface area contributed by atoms with Gasteiger partial charge in [0.25, 0.3) is 0 Å². The standard InChI is InChI=1S/C29H32O5Si/c1-4-32-35(33-5-2,34-6-3)27-19-14-24(15-20-27)22-29(31)26-17-12-23(13-18-26)16-21-28(30)25-10-8-7-9-11-25/h7-21H,4-6,22H2,1-3H3/b21-16+. The largest absolute Gasteiger partial charge is 0.537 e. The average molecular weight is 489 g/mol. The number of carbonyl (C=O) groups excluding carboxylic acids is 2. The summed E-state index contributed by atoms with van der Waals surface area (Å²) in [4.78, 5) is 25.1. The van der Waals surface area contributed by atoms with Crippen LogP contribution < -0.4 is 5.19 Å². The van der Waals surface area contributed by atoms with Gasteiger partial charge in [-0.1, -0.05) is 84.9 Å². The van der Waals surface area contributed by atoms with Crippen LogP contribution in [0.2, 0.25) is 0 Å². The lowest BCUT2D eigenvalue weighted by Crippen LogP contribution is -2.56. The number of Topliss-reactive ketones (excluding diaryl/α,β-unsaturated/α-hetero) is 1. The summed E-state index contributed by atoms with van der Waals surface area (Å²) < 4.78 is 17.9. The summed E-state index contributed by atoms with van der Waals surface area (Å²) in [6.45, 7) is 7.27. The predicted octanol–water partition coefficient (Wildman–Crippen LogP) is 5.26. The zero-order valence-corrected chi connectivity index (χ0v) is 21.5. The molecule has 6 heteroatoms. The van der Waals surface area contributed by atoms with Gasteiger partial charge in [0.05, 0.1) is 0 Å². The van der Waals surface area contributed by atoms with E-state index in [0.717, 1.165) is 16.3 Å². The van der Waals surface area contributed by atoms with Crippen molar-refractivity contribution < 1.29 is 22.9 Å². The molecule has 5 nitrogen and oxygen atoms in total. The van der Waals surface area contributed by atoms with E-state index in [4.69, 9.17) is 13.3 Å². The Bertz CT molecular complexity index is 1100. The maximum absolute atomic E-state index is 12.8. The zero-order valence-electron chi connectivity index (χ0n) is 20.5. The van der Waals surface area contributed by atoms with Gasteiger partial charge in [-0.2, -0.15) is 0 Å². The molecular weight excluding hydrogens is 456 g/mol. The van der Waals surface area contributed by atoms with Crippen molar-refractivity contribution in [1.82, 2.24) is 0 Å². The van der Waals surface area contributed by atoms with Crippen LogP contribution in [0.1, 0.15) is 52.6 Å². The third-order valence-electron chi connectivity index (χ3n) is 5.39. The van der Waals surface area contributed by atoms with E-state index in [9.17, 15) is 9.59 Å². The molecule has 0 heterocycles. The molecule has 3 aromatic carbocycles. The van der Waals surface area contributed by atoms with Gasteiger partial charge in [-0.25, -0.2) is 0 Å². The van der Waals surface area contributed by atoms with Crippen molar-refractivity contribution >= 4 is 31.6 Å². The summed E-state index contributed by atoms with van der Waals surface area (Å²) in [6.07, 6.45) is 3.59. The average Bonchev–Trinajstić information content (AvgIpc) is 2.89. The summed E-state index contributed by atoms with van der Waals surface area (Å²) >= 11 is 0. The van der Waals surface area contributed by atoms with Crippen LogP contribution in [-0.4, -0.2) is 40.2 Å². The molecular formula is C29H32O5Si. The van der Waals surface area contributed by atoms with Crippen molar-refractivity contribution in [2.24, 2.45) is 0 Å². The third kappa shape index (κ3) is 7.16. The van der Waals surface area contributed by atoms with Crippen LogP contribution in [0.15, 0.2) is 84.9 Å². The molecule has 35 heavy (non-hydrogen) atoms. The summed E-state index contributed by atoms with van der Waals surface area (Å²) in [5.41, 5.74) is 3.04. The van der Waals surface area contributed by atoms with Crippen LogP contribution in [0.3, 0.4) is 0 Å². The highest BCUT2D eigenvalue weighted by Gasteiger charge is 2.43. The molecule has 0 saturated heterocycles. The van der Waals surface area contributed by atoms with Gasteiger partial charge in [-0.3, -0.25) is 9.59 Å². The van der Waals surface area contributed by atoms with E-state index < -0.39 is 8.80 Å². The van der Waals surface area contributed by atoms with Crippen LogP contribution in [-0.2, 0) is 19.7 Å². The minimum Gasteiger partial charge on any atom is -0.370 e. The highest BCUT2D eigenvalue weighted by molar-refractivity contribution is 6.75. The third-order valence-corrected chi connectivity index (χ3v) is 8.44. The van der Waals surface area contributed by atoms with E-state index in [0.29, 0.717) is 30.9 Å². The Balaban J connectivity index is 1.65. The number of benzene rings is 3. The van der Waals surface area contributed by atoms with E-state index in [1.54, 1.807) is 36.4 Å². The maximum atomic E-state index is 12.8. The number of rotatable bonds is 13. The molecule has 182 valence electrons. The van der Waals surface area contributed by atoms with E-state index in [1.165, 1.54) is 0 Å². The molecule has 3 rings (SSSR count). The Hall–Kier alpha value is -3.16. The summed E-state index contributed by atoms with van der Waals surface area (Å²) in [5.74, 6) is -0.0316. The Kier molecular flexibility index (Phi) is 9.87. The fraction of sp³-hybridized carbons (Fsp3) is 0.241. The molecule has 0 fully saturated rings. The van der Waals surface area contributed by atoms with Gasteiger partial charge >= 0.3 is 8.80 Å². The number of ketones is 2.